The molecule has 0 aliphatic carbocycles. The Balaban J connectivity index is 2.28. The monoisotopic (exact) mass is 306 g/mol. The van der Waals surface area contributed by atoms with Crippen molar-refractivity contribution in [3.05, 3.63) is 30.1 Å². The first-order valence-corrected chi connectivity index (χ1v) is 7.37. The maximum absolute atomic E-state index is 12.4. The van der Waals surface area contributed by atoms with E-state index in [1.54, 1.807) is 45.3 Å². The summed E-state index contributed by atoms with van der Waals surface area (Å²) in [4.78, 5) is 29.6. The number of hydrogen-bond donors (Lipinski definition) is 1. The third kappa shape index (κ3) is 3.37. The molecule has 120 valence electrons. The number of rotatable bonds is 3. The number of aliphatic carboxylic acids is 1. The highest BCUT2D eigenvalue weighted by Crippen LogP contribution is 2.34. The van der Waals surface area contributed by atoms with Crippen molar-refractivity contribution in [2.45, 2.75) is 51.2 Å². The zero-order chi connectivity index (χ0) is 16.4. The molecule has 1 aromatic heterocycles. The van der Waals surface area contributed by atoms with Gasteiger partial charge >= 0.3 is 12.1 Å². The number of amides is 1. The Kier molecular flexibility index (Phi) is 4.39. The highest BCUT2D eigenvalue weighted by Gasteiger charge is 2.51. The lowest BCUT2D eigenvalue weighted by molar-refractivity contribution is -0.149. The highest BCUT2D eigenvalue weighted by molar-refractivity contribution is 5.85. The fourth-order valence-electron chi connectivity index (χ4n) is 2.78. The smallest absolute Gasteiger partial charge is 0.411 e. The number of nitrogens with zero attached hydrogens (tertiary/aromatic N) is 2. The van der Waals surface area contributed by atoms with Gasteiger partial charge in [0, 0.05) is 25.4 Å². The molecule has 0 saturated carbocycles. The van der Waals surface area contributed by atoms with Gasteiger partial charge in [-0.2, -0.15) is 0 Å². The SMILES string of the molecule is CC(C)(C)OC(=O)N1CCCC1(Cc1ccncc1)C(=O)O. The average Bonchev–Trinajstić information content (AvgIpc) is 2.83. The summed E-state index contributed by atoms with van der Waals surface area (Å²) in [6.45, 7) is 5.71. The molecule has 0 aromatic carbocycles. The first-order valence-electron chi connectivity index (χ1n) is 7.37. The molecule has 1 atom stereocenters. The Morgan fingerprint density at radius 1 is 1.36 bits per heavy atom. The minimum Gasteiger partial charge on any atom is -0.479 e. The number of carboxylic acid groups (broad SMARTS) is 1. The van der Waals surface area contributed by atoms with Crippen LogP contribution in [0.25, 0.3) is 0 Å². The van der Waals surface area contributed by atoms with Gasteiger partial charge in [0.15, 0.2) is 0 Å². The lowest BCUT2D eigenvalue weighted by Crippen LogP contribution is -2.55. The van der Waals surface area contributed by atoms with Crippen LogP contribution in [0.15, 0.2) is 24.5 Å². The molecule has 1 fully saturated rings. The summed E-state index contributed by atoms with van der Waals surface area (Å²) in [5.41, 5.74) is -1.06. The van der Waals surface area contributed by atoms with Crippen molar-refractivity contribution in [3.8, 4) is 0 Å². The third-order valence-corrected chi connectivity index (χ3v) is 3.75. The molecule has 2 rings (SSSR count). The van der Waals surface area contributed by atoms with Gasteiger partial charge in [-0.15, -0.1) is 0 Å². The van der Waals surface area contributed by atoms with E-state index in [1.807, 2.05) is 0 Å². The Labute approximate surface area is 130 Å². The van der Waals surface area contributed by atoms with E-state index >= 15 is 0 Å². The molecule has 1 unspecified atom stereocenters. The average molecular weight is 306 g/mol. The van der Waals surface area contributed by atoms with Crippen LogP contribution >= 0.6 is 0 Å². The van der Waals surface area contributed by atoms with Gasteiger partial charge in [0.25, 0.3) is 0 Å². The predicted octanol–water partition coefficient (Wildman–Crippen LogP) is 2.48. The molecule has 1 saturated heterocycles. The van der Waals surface area contributed by atoms with Crippen molar-refractivity contribution in [2.75, 3.05) is 6.54 Å². The predicted molar refractivity (Wildman–Crippen MR) is 80.5 cm³/mol. The van der Waals surface area contributed by atoms with Crippen molar-refractivity contribution in [2.24, 2.45) is 0 Å². The quantitative estimate of drug-likeness (QED) is 0.928. The van der Waals surface area contributed by atoms with Gasteiger partial charge in [0.05, 0.1) is 0 Å². The lowest BCUT2D eigenvalue weighted by Gasteiger charge is -2.36. The van der Waals surface area contributed by atoms with E-state index in [1.165, 1.54) is 4.90 Å². The van der Waals surface area contributed by atoms with Crippen LogP contribution in [0.5, 0.6) is 0 Å². The standard InChI is InChI=1S/C16H22N2O4/c1-15(2,3)22-14(21)18-10-4-7-16(18,13(19)20)11-12-5-8-17-9-6-12/h5-6,8-9H,4,7,10-11H2,1-3H3,(H,19,20). The topological polar surface area (TPSA) is 79.7 Å². The number of aromatic nitrogens is 1. The zero-order valence-electron chi connectivity index (χ0n) is 13.2. The largest absolute Gasteiger partial charge is 0.479 e. The number of carbonyl (C=O) groups is 2. The van der Waals surface area contributed by atoms with Crippen molar-refractivity contribution < 1.29 is 19.4 Å². The minimum absolute atomic E-state index is 0.254. The Hall–Kier alpha value is -2.11. The molecule has 0 radical (unpaired) electrons. The van der Waals surface area contributed by atoms with Crippen molar-refractivity contribution in [1.82, 2.24) is 9.88 Å². The van der Waals surface area contributed by atoms with Crippen molar-refractivity contribution >= 4 is 12.1 Å². The molecule has 2 heterocycles. The summed E-state index contributed by atoms with van der Waals surface area (Å²) < 4.78 is 5.38. The molecule has 1 aliphatic heterocycles. The van der Waals surface area contributed by atoms with Crippen LogP contribution in [0.4, 0.5) is 4.79 Å². The maximum Gasteiger partial charge on any atom is 0.411 e. The summed E-state index contributed by atoms with van der Waals surface area (Å²) >= 11 is 0. The highest BCUT2D eigenvalue weighted by atomic mass is 16.6. The van der Waals surface area contributed by atoms with E-state index in [2.05, 4.69) is 4.98 Å². The van der Waals surface area contributed by atoms with Crippen molar-refractivity contribution in [3.63, 3.8) is 0 Å². The van der Waals surface area contributed by atoms with Gasteiger partial charge in [0.2, 0.25) is 0 Å². The Morgan fingerprint density at radius 2 is 2.00 bits per heavy atom. The van der Waals surface area contributed by atoms with E-state index in [0.29, 0.717) is 19.4 Å². The molecule has 1 aromatic rings. The second-order valence-electron chi connectivity index (χ2n) is 6.60. The van der Waals surface area contributed by atoms with E-state index in [4.69, 9.17) is 4.74 Å². The molecule has 1 aliphatic rings. The molecule has 22 heavy (non-hydrogen) atoms. The molecule has 1 N–H and O–H groups in total. The van der Waals surface area contributed by atoms with E-state index in [0.717, 1.165) is 5.56 Å². The number of hydrogen-bond acceptors (Lipinski definition) is 4. The second kappa shape index (κ2) is 5.94. The summed E-state index contributed by atoms with van der Waals surface area (Å²) in [7, 11) is 0. The first-order chi connectivity index (χ1) is 10.2. The molecule has 0 bridgehead atoms. The van der Waals surface area contributed by atoms with Crippen molar-refractivity contribution in [1.29, 1.82) is 0 Å². The van der Waals surface area contributed by atoms with Crippen LogP contribution < -0.4 is 0 Å². The van der Waals surface area contributed by atoms with E-state index < -0.39 is 23.2 Å². The normalized spacial score (nSPS) is 21.7. The number of carboxylic acids is 1. The van der Waals surface area contributed by atoms with Crippen LogP contribution in [0, 0.1) is 0 Å². The number of likely N-dealkylation sites (tertiary alicyclic amines) is 1. The fraction of sp³-hybridized carbons (Fsp3) is 0.562. The Morgan fingerprint density at radius 3 is 2.55 bits per heavy atom. The van der Waals surface area contributed by atoms with E-state index in [9.17, 15) is 14.7 Å². The molecule has 0 spiro atoms. The van der Waals surface area contributed by atoms with Crippen LogP contribution in [-0.2, 0) is 16.0 Å². The van der Waals surface area contributed by atoms with Gasteiger partial charge in [-0.1, -0.05) is 0 Å². The summed E-state index contributed by atoms with van der Waals surface area (Å²) in [6.07, 6.45) is 4.00. The van der Waals surface area contributed by atoms with Crippen LogP contribution in [-0.4, -0.2) is 44.7 Å². The summed E-state index contributed by atoms with van der Waals surface area (Å²) in [6, 6.07) is 3.55. The van der Waals surface area contributed by atoms with Crippen LogP contribution in [0.3, 0.4) is 0 Å². The van der Waals surface area contributed by atoms with Gasteiger partial charge in [-0.05, 0) is 51.3 Å². The van der Waals surface area contributed by atoms with Crippen LogP contribution in [0.2, 0.25) is 0 Å². The lowest BCUT2D eigenvalue weighted by atomic mass is 9.88. The number of pyridine rings is 1. The van der Waals surface area contributed by atoms with Gasteiger partial charge in [-0.3, -0.25) is 9.88 Å². The minimum atomic E-state index is -1.25. The third-order valence-electron chi connectivity index (χ3n) is 3.75. The molecule has 6 nitrogen and oxygen atoms in total. The second-order valence-corrected chi connectivity index (χ2v) is 6.60. The number of ether oxygens (including phenoxy) is 1. The van der Waals surface area contributed by atoms with E-state index in [-0.39, 0.29) is 6.42 Å². The first kappa shape index (κ1) is 16.3. The molecule has 6 heteroatoms. The number of carbonyl (C=O) groups excluding carboxylic acids is 1. The fourth-order valence-corrected chi connectivity index (χ4v) is 2.78. The van der Waals surface area contributed by atoms with Crippen LogP contribution in [0.1, 0.15) is 39.2 Å². The van der Waals surface area contributed by atoms with Gasteiger partial charge < -0.3 is 9.84 Å². The molecule has 1 amide bonds. The summed E-state index contributed by atoms with van der Waals surface area (Å²) in [5.74, 6) is -0.993. The van der Waals surface area contributed by atoms with Gasteiger partial charge in [-0.25, -0.2) is 9.59 Å². The van der Waals surface area contributed by atoms with Gasteiger partial charge in [0.1, 0.15) is 11.1 Å². The Bertz CT molecular complexity index is 553. The zero-order valence-corrected chi connectivity index (χ0v) is 13.2. The summed E-state index contributed by atoms with van der Waals surface area (Å²) in [5, 5.41) is 9.78. The molecular formula is C16H22N2O4. The molecular weight excluding hydrogens is 284 g/mol. The maximum atomic E-state index is 12.4.